The number of hydrazone groups is 1. The van der Waals surface area contributed by atoms with Gasteiger partial charge in [-0.25, -0.2) is 9.82 Å². The van der Waals surface area contributed by atoms with Crippen molar-refractivity contribution in [2.24, 2.45) is 5.10 Å². The van der Waals surface area contributed by atoms with Crippen LogP contribution in [-0.2, 0) is 9.59 Å². The fourth-order valence-corrected chi connectivity index (χ4v) is 3.33. The van der Waals surface area contributed by atoms with Crippen LogP contribution in [0, 0.1) is 33.5 Å². The third kappa shape index (κ3) is 4.81. The maximum atomic E-state index is 12.9. The number of hydrogen-bond acceptors (Lipinski definition) is 3. The van der Waals surface area contributed by atoms with Crippen LogP contribution in [0.5, 0.6) is 0 Å². The molecule has 0 aliphatic carbocycles. The van der Waals surface area contributed by atoms with Gasteiger partial charge in [-0.1, -0.05) is 6.07 Å². The first-order valence-corrected chi connectivity index (χ1v) is 9.42. The Morgan fingerprint density at radius 2 is 1.57 bits per heavy atom. The molecule has 0 spiro atoms. The summed E-state index contributed by atoms with van der Waals surface area (Å²) < 4.78 is 15.0. The minimum Gasteiger partial charge on any atom is -0.318 e. The smallest absolute Gasteiger partial charge is 0.318 e. The van der Waals surface area contributed by atoms with Gasteiger partial charge in [0, 0.05) is 28.3 Å². The zero-order valence-electron chi connectivity index (χ0n) is 17.3. The molecule has 0 bridgehead atoms. The van der Waals surface area contributed by atoms with Crippen LogP contribution in [0.3, 0.4) is 0 Å². The van der Waals surface area contributed by atoms with E-state index in [2.05, 4.69) is 52.5 Å². The second-order valence-electron chi connectivity index (χ2n) is 7.17. The molecular formula is C23H23FN4O2. The number of amides is 2. The van der Waals surface area contributed by atoms with Crippen molar-refractivity contribution >= 4 is 23.7 Å². The number of hydrogen-bond donors (Lipinski definition) is 2. The lowest BCUT2D eigenvalue weighted by Gasteiger charge is -2.11. The Morgan fingerprint density at radius 3 is 2.20 bits per heavy atom. The maximum absolute atomic E-state index is 12.9. The molecular weight excluding hydrogens is 383 g/mol. The maximum Gasteiger partial charge on any atom is 0.329 e. The summed E-state index contributed by atoms with van der Waals surface area (Å²) in [6.07, 6.45) is 1.50. The number of anilines is 1. The normalized spacial score (nSPS) is 11.0. The summed E-state index contributed by atoms with van der Waals surface area (Å²) in [5, 5.41) is 6.28. The fourth-order valence-electron chi connectivity index (χ4n) is 3.33. The summed E-state index contributed by atoms with van der Waals surface area (Å²) in [5.74, 6) is -2.24. The van der Waals surface area contributed by atoms with Crippen molar-refractivity contribution in [3.63, 3.8) is 0 Å². The van der Waals surface area contributed by atoms with Crippen LogP contribution in [0.1, 0.15) is 28.1 Å². The second kappa shape index (κ2) is 8.73. The highest BCUT2D eigenvalue weighted by molar-refractivity contribution is 6.39. The Kier molecular flexibility index (Phi) is 6.11. The van der Waals surface area contributed by atoms with E-state index in [0.29, 0.717) is 5.69 Å². The van der Waals surface area contributed by atoms with E-state index in [9.17, 15) is 14.0 Å². The van der Waals surface area contributed by atoms with Gasteiger partial charge in [0.1, 0.15) is 5.82 Å². The molecule has 0 unspecified atom stereocenters. The van der Waals surface area contributed by atoms with Gasteiger partial charge in [0.25, 0.3) is 0 Å². The molecule has 3 aromatic rings. The fraction of sp³-hybridized carbons (Fsp3) is 0.174. The Hall–Kier alpha value is -3.74. The Bertz CT molecular complexity index is 1110. The van der Waals surface area contributed by atoms with E-state index in [0.717, 1.165) is 22.6 Å². The number of carbonyl (C=O) groups excluding carboxylic acids is 2. The van der Waals surface area contributed by atoms with Crippen molar-refractivity contribution in [2.75, 3.05) is 5.32 Å². The van der Waals surface area contributed by atoms with Crippen LogP contribution in [0.25, 0.3) is 5.69 Å². The summed E-state index contributed by atoms with van der Waals surface area (Å²) in [5.41, 5.74) is 8.75. The lowest BCUT2D eigenvalue weighted by Crippen LogP contribution is -2.32. The quantitative estimate of drug-likeness (QED) is 0.391. The minimum atomic E-state index is -0.918. The van der Waals surface area contributed by atoms with E-state index in [-0.39, 0.29) is 0 Å². The standard InChI is InChI=1S/C23H23FN4O2/c1-14-9-15(2)11-21(10-14)28-16(3)12-18(17(28)4)13-25-27-23(30)22(29)26-20-7-5-19(24)6-8-20/h5-13H,1-4H3,(H,26,29)(H,27,30)/b25-13-. The molecule has 0 fully saturated rings. The van der Waals surface area contributed by atoms with Gasteiger partial charge >= 0.3 is 11.8 Å². The van der Waals surface area contributed by atoms with E-state index in [1.54, 1.807) is 0 Å². The summed E-state index contributed by atoms with van der Waals surface area (Å²) in [6, 6.07) is 13.4. The highest BCUT2D eigenvalue weighted by Gasteiger charge is 2.14. The molecule has 7 heteroatoms. The van der Waals surface area contributed by atoms with Crippen LogP contribution in [0.2, 0.25) is 0 Å². The lowest BCUT2D eigenvalue weighted by molar-refractivity contribution is -0.136. The Labute approximate surface area is 174 Å². The van der Waals surface area contributed by atoms with Gasteiger partial charge in [0.15, 0.2) is 0 Å². The van der Waals surface area contributed by atoms with Crippen molar-refractivity contribution in [1.29, 1.82) is 0 Å². The van der Waals surface area contributed by atoms with E-state index >= 15 is 0 Å². The predicted molar refractivity (Wildman–Crippen MR) is 115 cm³/mol. The number of halogens is 1. The second-order valence-corrected chi connectivity index (χ2v) is 7.17. The van der Waals surface area contributed by atoms with Crippen molar-refractivity contribution in [2.45, 2.75) is 27.7 Å². The Morgan fingerprint density at radius 1 is 0.933 bits per heavy atom. The van der Waals surface area contributed by atoms with E-state index < -0.39 is 17.6 Å². The highest BCUT2D eigenvalue weighted by Crippen LogP contribution is 2.21. The van der Waals surface area contributed by atoms with Crippen LogP contribution in [0.15, 0.2) is 53.6 Å². The first-order chi connectivity index (χ1) is 14.2. The molecule has 2 N–H and O–H groups in total. The summed E-state index contributed by atoms with van der Waals surface area (Å²) in [7, 11) is 0. The molecule has 6 nitrogen and oxygen atoms in total. The molecule has 154 valence electrons. The van der Waals surface area contributed by atoms with Crippen molar-refractivity contribution in [3.05, 3.63) is 82.4 Å². The highest BCUT2D eigenvalue weighted by atomic mass is 19.1. The molecule has 0 saturated heterocycles. The van der Waals surface area contributed by atoms with Crippen LogP contribution < -0.4 is 10.7 Å². The zero-order chi connectivity index (χ0) is 21.8. The molecule has 2 amide bonds. The average Bonchev–Trinajstić information content (AvgIpc) is 2.96. The third-order valence-electron chi connectivity index (χ3n) is 4.61. The van der Waals surface area contributed by atoms with Gasteiger partial charge in [-0.05, 0) is 81.3 Å². The SMILES string of the molecule is Cc1cc(C)cc(-n2c(C)cc(/C=N\NC(=O)C(=O)Nc3ccc(F)cc3)c2C)c1. The van der Waals surface area contributed by atoms with E-state index in [1.165, 1.54) is 41.6 Å². The summed E-state index contributed by atoms with van der Waals surface area (Å²) in [6.45, 7) is 8.07. The van der Waals surface area contributed by atoms with Crippen molar-refractivity contribution < 1.29 is 14.0 Å². The van der Waals surface area contributed by atoms with Gasteiger partial charge in [0.05, 0.1) is 6.21 Å². The van der Waals surface area contributed by atoms with Crippen LogP contribution >= 0.6 is 0 Å². The van der Waals surface area contributed by atoms with Gasteiger partial charge in [0.2, 0.25) is 0 Å². The van der Waals surface area contributed by atoms with E-state index in [4.69, 9.17) is 0 Å². The largest absolute Gasteiger partial charge is 0.329 e. The molecule has 2 aromatic carbocycles. The van der Waals surface area contributed by atoms with Gasteiger partial charge in [-0.2, -0.15) is 5.10 Å². The van der Waals surface area contributed by atoms with E-state index in [1.807, 2.05) is 19.9 Å². The van der Waals surface area contributed by atoms with Crippen molar-refractivity contribution in [1.82, 2.24) is 9.99 Å². The number of aromatic nitrogens is 1. The molecule has 0 aliphatic rings. The number of aryl methyl sites for hydroxylation is 3. The van der Waals surface area contributed by atoms with Crippen molar-refractivity contribution in [3.8, 4) is 5.69 Å². The zero-order valence-corrected chi connectivity index (χ0v) is 17.3. The first-order valence-electron chi connectivity index (χ1n) is 9.42. The number of nitrogens with one attached hydrogen (secondary N) is 2. The van der Waals surface area contributed by atoms with Crippen LogP contribution in [-0.4, -0.2) is 22.6 Å². The molecule has 30 heavy (non-hydrogen) atoms. The molecule has 0 radical (unpaired) electrons. The van der Waals surface area contributed by atoms with Gasteiger partial charge in [-0.3, -0.25) is 9.59 Å². The van der Waals surface area contributed by atoms with Crippen LogP contribution in [0.4, 0.5) is 10.1 Å². The molecule has 1 heterocycles. The average molecular weight is 406 g/mol. The number of rotatable bonds is 4. The predicted octanol–water partition coefficient (Wildman–Crippen LogP) is 3.94. The number of nitrogens with zero attached hydrogens (tertiary/aromatic N) is 2. The molecule has 0 saturated carbocycles. The minimum absolute atomic E-state index is 0.317. The van der Waals surface area contributed by atoms with Gasteiger partial charge in [-0.15, -0.1) is 0 Å². The Balaban J connectivity index is 1.69. The third-order valence-corrected chi connectivity index (χ3v) is 4.61. The molecule has 0 aliphatic heterocycles. The van der Waals surface area contributed by atoms with Gasteiger partial charge < -0.3 is 9.88 Å². The topological polar surface area (TPSA) is 75.5 Å². The molecule has 3 rings (SSSR count). The molecule has 1 aromatic heterocycles. The lowest BCUT2D eigenvalue weighted by atomic mass is 10.1. The summed E-state index contributed by atoms with van der Waals surface area (Å²) in [4.78, 5) is 23.9. The molecule has 0 atom stereocenters. The first kappa shape index (κ1) is 21.0. The number of carbonyl (C=O) groups is 2. The number of benzene rings is 2. The summed E-state index contributed by atoms with van der Waals surface area (Å²) >= 11 is 0. The monoisotopic (exact) mass is 406 g/mol.